The lowest BCUT2D eigenvalue weighted by Gasteiger charge is -2.31. The molecule has 1 saturated heterocycles. The lowest BCUT2D eigenvalue weighted by molar-refractivity contribution is 0.0695. The third-order valence-corrected chi connectivity index (χ3v) is 5.09. The Balaban J connectivity index is 0.00000240. The number of carbonyl (C=O) groups excluding carboxylic acids is 1. The zero-order valence-electron chi connectivity index (χ0n) is 16.0. The molecule has 1 aliphatic rings. The largest absolute Gasteiger partial charge is 0.399 e. The summed E-state index contributed by atoms with van der Waals surface area (Å²) in [6.07, 6.45) is 1.72. The van der Waals surface area contributed by atoms with Gasteiger partial charge in [-0.1, -0.05) is 11.2 Å². The van der Waals surface area contributed by atoms with E-state index in [-0.39, 0.29) is 30.0 Å². The van der Waals surface area contributed by atoms with Crippen LogP contribution in [-0.4, -0.2) is 34.0 Å². The molecule has 4 rings (SSSR count). The molecule has 0 spiro atoms. The third kappa shape index (κ3) is 4.40. The summed E-state index contributed by atoms with van der Waals surface area (Å²) in [7, 11) is 0. The first-order valence-electron chi connectivity index (χ1n) is 9.26. The molecule has 1 aliphatic heterocycles. The van der Waals surface area contributed by atoms with Crippen LogP contribution >= 0.6 is 12.4 Å². The number of nitrogen functional groups attached to an aromatic ring is 1. The average molecular weight is 417 g/mol. The Hall–Kier alpha value is -2.93. The SMILES string of the molecule is Cc1ccc(N)cc1C(=O)N1CCCC(c2nc(-c3ccc(F)cc3)no2)C1.Cl. The van der Waals surface area contributed by atoms with Gasteiger partial charge in [-0.3, -0.25) is 4.79 Å². The molecule has 2 aromatic carbocycles. The first-order chi connectivity index (χ1) is 13.5. The summed E-state index contributed by atoms with van der Waals surface area (Å²) in [5.74, 6) is 0.547. The van der Waals surface area contributed by atoms with E-state index >= 15 is 0 Å². The molecule has 0 bridgehead atoms. The Morgan fingerprint density at radius 3 is 2.76 bits per heavy atom. The molecule has 0 aliphatic carbocycles. The number of rotatable bonds is 3. The fourth-order valence-electron chi connectivity index (χ4n) is 3.52. The lowest BCUT2D eigenvalue weighted by atomic mass is 9.96. The minimum absolute atomic E-state index is 0. The maximum atomic E-state index is 13.1. The van der Waals surface area contributed by atoms with Crippen LogP contribution in [0.1, 0.15) is 40.6 Å². The van der Waals surface area contributed by atoms with Gasteiger partial charge in [0.15, 0.2) is 0 Å². The first-order valence-corrected chi connectivity index (χ1v) is 9.26. The standard InChI is InChI=1S/C21H21FN4O2.ClH/c1-13-4-9-17(23)11-18(13)21(27)26-10-2-3-15(12-26)20-24-19(25-28-20)14-5-7-16(22)8-6-14;/h4-9,11,15H,2-3,10,12,23H2,1H3;1H. The molecule has 152 valence electrons. The molecule has 1 amide bonds. The molecule has 6 nitrogen and oxygen atoms in total. The van der Waals surface area contributed by atoms with Gasteiger partial charge in [0.2, 0.25) is 11.7 Å². The van der Waals surface area contributed by atoms with E-state index in [9.17, 15) is 9.18 Å². The predicted molar refractivity (Wildman–Crippen MR) is 110 cm³/mol. The maximum absolute atomic E-state index is 13.1. The molecule has 2 N–H and O–H groups in total. The second-order valence-electron chi connectivity index (χ2n) is 7.13. The summed E-state index contributed by atoms with van der Waals surface area (Å²) < 4.78 is 18.6. The second-order valence-corrected chi connectivity index (χ2v) is 7.13. The summed E-state index contributed by atoms with van der Waals surface area (Å²) in [6.45, 7) is 3.10. The summed E-state index contributed by atoms with van der Waals surface area (Å²) >= 11 is 0. The first kappa shape index (κ1) is 20.8. The quantitative estimate of drug-likeness (QED) is 0.646. The average Bonchev–Trinajstić information content (AvgIpc) is 3.20. The van der Waals surface area contributed by atoms with E-state index in [1.807, 2.05) is 17.9 Å². The molecule has 8 heteroatoms. The minimum Gasteiger partial charge on any atom is -0.399 e. The molecular formula is C21H22ClFN4O2. The number of nitrogens with two attached hydrogens (primary N) is 1. The second kappa shape index (κ2) is 8.61. The number of benzene rings is 2. The number of hydrogen-bond acceptors (Lipinski definition) is 5. The van der Waals surface area contributed by atoms with Crippen LogP contribution in [0.4, 0.5) is 10.1 Å². The number of amides is 1. The molecule has 29 heavy (non-hydrogen) atoms. The Morgan fingerprint density at radius 1 is 1.24 bits per heavy atom. The number of likely N-dealkylation sites (tertiary alicyclic amines) is 1. The summed E-state index contributed by atoms with van der Waals surface area (Å²) in [5.41, 5.74) is 8.64. The van der Waals surface area contributed by atoms with Crippen LogP contribution in [0, 0.1) is 12.7 Å². The van der Waals surface area contributed by atoms with Crippen molar-refractivity contribution in [1.82, 2.24) is 15.0 Å². The highest BCUT2D eigenvalue weighted by Gasteiger charge is 2.29. The van der Waals surface area contributed by atoms with Gasteiger partial charge in [-0.05, 0) is 61.7 Å². The lowest BCUT2D eigenvalue weighted by Crippen LogP contribution is -2.39. The van der Waals surface area contributed by atoms with Crippen molar-refractivity contribution in [2.24, 2.45) is 0 Å². The van der Waals surface area contributed by atoms with Gasteiger partial charge in [-0.2, -0.15) is 4.98 Å². The van der Waals surface area contributed by atoms with Crippen molar-refractivity contribution in [2.75, 3.05) is 18.8 Å². The van der Waals surface area contributed by atoms with Gasteiger partial charge < -0.3 is 15.2 Å². The number of anilines is 1. The van der Waals surface area contributed by atoms with E-state index in [1.165, 1.54) is 12.1 Å². The van der Waals surface area contributed by atoms with Crippen molar-refractivity contribution in [3.8, 4) is 11.4 Å². The molecule has 1 fully saturated rings. The van der Waals surface area contributed by atoms with E-state index in [0.29, 0.717) is 41.6 Å². The molecule has 1 atom stereocenters. The molecule has 1 unspecified atom stereocenters. The highest BCUT2D eigenvalue weighted by atomic mass is 35.5. The molecule has 2 heterocycles. The van der Waals surface area contributed by atoms with Crippen LogP contribution in [0.2, 0.25) is 0 Å². The molecule has 1 aromatic heterocycles. The van der Waals surface area contributed by atoms with Gasteiger partial charge in [0.25, 0.3) is 5.91 Å². The Morgan fingerprint density at radius 2 is 2.00 bits per heavy atom. The minimum atomic E-state index is -0.314. The highest BCUT2D eigenvalue weighted by molar-refractivity contribution is 5.96. The van der Waals surface area contributed by atoms with Crippen LogP contribution < -0.4 is 5.73 Å². The van der Waals surface area contributed by atoms with Gasteiger partial charge in [-0.25, -0.2) is 4.39 Å². The van der Waals surface area contributed by atoms with Crippen molar-refractivity contribution >= 4 is 24.0 Å². The van der Waals surface area contributed by atoms with Crippen LogP contribution in [0.15, 0.2) is 47.0 Å². The molecule has 0 saturated carbocycles. The monoisotopic (exact) mass is 416 g/mol. The van der Waals surface area contributed by atoms with Gasteiger partial charge >= 0.3 is 0 Å². The van der Waals surface area contributed by atoms with Crippen LogP contribution in [0.3, 0.4) is 0 Å². The van der Waals surface area contributed by atoms with Gasteiger partial charge in [0.05, 0.1) is 5.92 Å². The Bertz CT molecular complexity index is 1010. The number of aromatic nitrogens is 2. The van der Waals surface area contributed by atoms with Crippen LogP contribution in [0.5, 0.6) is 0 Å². The Labute approximate surface area is 174 Å². The predicted octanol–water partition coefficient (Wildman–Crippen LogP) is 4.21. The van der Waals surface area contributed by atoms with E-state index in [1.54, 1.807) is 24.3 Å². The zero-order valence-corrected chi connectivity index (χ0v) is 16.8. The fourth-order valence-corrected chi connectivity index (χ4v) is 3.52. The zero-order chi connectivity index (χ0) is 19.7. The highest BCUT2D eigenvalue weighted by Crippen LogP contribution is 2.29. The number of carbonyl (C=O) groups is 1. The summed E-state index contributed by atoms with van der Waals surface area (Å²) in [5, 5.41) is 4.02. The molecule has 0 radical (unpaired) electrons. The van der Waals surface area contributed by atoms with E-state index < -0.39 is 0 Å². The van der Waals surface area contributed by atoms with Crippen molar-refractivity contribution < 1.29 is 13.7 Å². The smallest absolute Gasteiger partial charge is 0.254 e. The van der Waals surface area contributed by atoms with Crippen molar-refractivity contribution in [3.63, 3.8) is 0 Å². The normalized spacial score (nSPS) is 16.3. The molecular weight excluding hydrogens is 395 g/mol. The maximum Gasteiger partial charge on any atom is 0.254 e. The summed E-state index contributed by atoms with van der Waals surface area (Å²) in [4.78, 5) is 19.3. The topological polar surface area (TPSA) is 85.3 Å². The van der Waals surface area contributed by atoms with Crippen LogP contribution in [0.25, 0.3) is 11.4 Å². The van der Waals surface area contributed by atoms with Crippen LogP contribution in [-0.2, 0) is 0 Å². The van der Waals surface area contributed by atoms with Gasteiger partial charge in [0, 0.05) is 29.9 Å². The summed E-state index contributed by atoms with van der Waals surface area (Å²) in [6, 6.07) is 11.3. The molecule has 3 aromatic rings. The number of aryl methyl sites for hydroxylation is 1. The van der Waals surface area contributed by atoms with Crippen molar-refractivity contribution in [2.45, 2.75) is 25.7 Å². The van der Waals surface area contributed by atoms with E-state index in [4.69, 9.17) is 10.3 Å². The van der Waals surface area contributed by atoms with Gasteiger partial charge in [-0.15, -0.1) is 12.4 Å². The fraction of sp³-hybridized carbons (Fsp3) is 0.286. The van der Waals surface area contributed by atoms with E-state index in [2.05, 4.69) is 10.1 Å². The number of halogens is 2. The van der Waals surface area contributed by atoms with Crippen molar-refractivity contribution in [3.05, 3.63) is 65.3 Å². The number of hydrogen-bond donors (Lipinski definition) is 1. The van der Waals surface area contributed by atoms with E-state index in [0.717, 1.165) is 18.4 Å². The third-order valence-electron chi connectivity index (χ3n) is 5.09. The van der Waals surface area contributed by atoms with Crippen molar-refractivity contribution in [1.29, 1.82) is 0 Å². The number of nitrogens with zero attached hydrogens (tertiary/aromatic N) is 3. The van der Waals surface area contributed by atoms with Gasteiger partial charge in [0.1, 0.15) is 5.82 Å². The number of piperidine rings is 1. The Kier molecular flexibility index (Phi) is 6.17.